The Morgan fingerprint density at radius 3 is 2.76 bits per heavy atom. The summed E-state index contributed by atoms with van der Waals surface area (Å²) in [4.78, 5) is 15.9. The largest absolute Gasteiger partial charge is 0.465 e. The van der Waals surface area contributed by atoms with Crippen molar-refractivity contribution in [1.29, 1.82) is 0 Å². The molecular formula is C15H12ClN3O2. The molecule has 21 heavy (non-hydrogen) atoms. The molecule has 0 amide bonds. The van der Waals surface area contributed by atoms with Crippen molar-refractivity contribution in [3.8, 4) is 0 Å². The van der Waals surface area contributed by atoms with Crippen LogP contribution in [0.15, 0.2) is 42.6 Å². The van der Waals surface area contributed by atoms with Crippen molar-refractivity contribution in [3.63, 3.8) is 0 Å². The number of pyridine rings is 1. The van der Waals surface area contributed by atoms with Crippen LogP contribution in [0.1, 0.15) is 21.7 Å². The Bertz CT molecular complexity index is 796. The van der Waals surface area contributed by atoms with Crippen molar-refractivity contribution in [2.45, 2.75) is 6.42 Å². The van der Waals surface area contributed by atoms with Crippen LogP contribution in [0.25, 0.3) is 5.65 Å². The molecule has 0 spiro atoms. The summed E-state index contributed by atoms with van der Waals surface area (Å²) in [5, 5.41) is 5.08. The van der Waals surface area contributed by atoms with Gasteiger partial charge in [0.25, 0.3) is 0 Å². The summed E-state index contributed by atoms with van der Waals surface area (Å²) >= 11 is 5.86. The maximum atomic E-state index is 11.5. The van der Waals surface area contributed by atoms with E-state index in [1.54, 1.807) is 22.8 Å². The number of methoxy groups -OCH3 is 1. The Hall–Kier alpha value is -2.40. The fraction of sp³-hybridized carbons (Fsp3) is 0.133. The second-order valence-corrected chi connectivity index (χ2v) is 4.98. The number of rotatable bonds is 3. The molecule has 3 aromatic rings. The molecule has 0 aliphatic rings. The van der Waals surface area contributed by atoms with Gasteiger partial charge in [0.2, 0.25) is 0 Å². The predicted octanol–water partition coefficient (Wildman–Crippen LogP) is 2.76. The van der Waals surface area contributed by atoms with E-state index in [0.717, 1.165) is 5.56 Å². The predicted molar refractivity (Wildman–Crippen MR) is 78.6 cm³/mol. The highest BCUT2D eigenvalue weighted by Crippen LogP contribution is 2.13. The topological polar surface area (TPSA) is 56.5 Å². The van der Waals surface area contributed by atoms with E-state index in [-0.39, 0.29) is 5.97 Å². The zero-order valence-corrected chi connectivity index (χ0v) is 12.0. The molecule has 0 saturated heterocycles. The number of nitrogens with zero attached hydrogens (tertiary/aromatic N) is 3. The zero-order chi connectivity index (χ0) is 14.8. The molecule has 5 nitrogen and oxygen atoms in total. The fourth-order valence-corrected chi connectivity index (χ4v) is 2.16. The van der Waals surface area contributed by atoms with Crippen LogP contribution in [0, 0.1) is 0 Å². The van der Waals surface area contributed by atoms with Crippen LogP contribution in [0.2, 0.25) is 5.02 Å². The first-order valence-electron chi connectivity index (χ1n) is 6.34. The summed E-state index contributed by atoms with van der Waals surface area (Å²) < 4.78 is 6.33. The van der Waals surface area contributed by atoms with E-state index in [4.69, 9.17) is 11.6 Å². The molecule has 6 heteroatoms. The summed E-state index contributed by atoms with van der Waals surface area (Å²) in [6.07, 6.45) is 2.30. The lowest BCUT2D eigenvalue weighted by Gasteiger charge is -1.97. The molecule has 1 aromatic carbocycles. The molecule has 0 bridgehead atoms. The van der Waals surface area contributed by atoms with Gasteiger partial charge < -0.3 is 4.74 Å². The van der Waals surface area contributed by atoms with Gasteiger partial charge in [-0.15, -0.1) is 0 Å². The second kappa shape index (κ2) is 5.54. The van der Waals surface area contributed by atoms with Crippen LogP contribution in [-0.4, -0.2) is 27.7 Å². The molecule has 0 aliphatic heterocycles. The molecule has 0 atom stereocenters. The molecule has 106 valence electrons. The molecule has 0 radical (unpaired) electrons. The van der Waals surface area contributed by atoms with E-state index < -0.39 is 0 Å². The summed E-state index contributed by atoms with van der Waals surface area (Å²) in [5.41, 5.74) is 2.14. The van der Waals surface area contributed by atoms with E-state index in [9.17, 15) is 4.79 Å². The quantitative estimate of drug-likeness (QED) is 0.698. The summed E-state index contributed by atoms with van der Waals surface area (Å²) in [6.45, 7) is 0. The molecule has 3 rings (SSSR count). The van der Waals surface area contributed by atoms with E-state index in [2.05, 4.69) is 14.8 Å². The molecule has 0 aliphatic carbocycles. The average Bonchev–Trinajstić information content (AvgIpc) is 2.90. The minimum atomic E-state index is -0.389. The highest BCUT2D eigenvalue weighted by molar-refractivity contribution is 6.30. The van der Waals surface area contributed by atoms with E-state index in [0.29, 0.717) is 28.5 Å². The zero-order valence-electron chi connectivity index (χ0n) is 11.3. The lowest BCUT2D eigenvalue weighted by atomic mass is 10.1. The fourth-order valence-electron chi connectivity index (χ4n) is 2.03. The number of carbonyl (C=O) groups is 1. The third-order valence-corrected chi connectivity index (χ3v) is 3.33. The molecule has 2 aromatic heterocycles. The molecule has 0 unspecified atom stereocenters. The second-order valence-electron chi connectivity index (χ2n) is 4.54. The van der Waals surface area contributed by atoms with Crippen molar-refractivity contribution >= 4 is 23.2 Å². The lowest BCUT2D eigenvalue weighted by Crippen LogP contribution is -2.02. The lowest BCUT2D eigenvalue weighted by molar-refractivity contribution is 0.0600. The summed E-state index contributed by atoms with van der Waals surface area (Å²) in [6, 6.07) is 10.9. The number of ether oxygens (including phenoxy) is 1. The number of hydrogen-bond donors (Lipinski definition) is 0. The molecule has 0 saturated carbocycles. The number of esters is 1. The monoisotopic (exact) mass is 301 g/mol. The van der Waals surface area contributed by atoms with Gasteiger partial charge >= 0.3 is 5.97 Å². The van der Waals surface area contributed by atoms with Crippen LogP contribution in [-0.2, 0) is 11.2 Å². The van der Waals surface area contributed by atoms with Gasteiger partial charge in [-0.3, -0.25) is 0 Å². The summed E-state index contributed by atoms with van der Waals surface area (Å²) in [7, 11) is 1.35. The Balaban J connectivity index is 1.90. The Kier molecular flexibility index (Phi) is 3.58. The number of fused-ring (bicyclic) bond motifs is 1. The molecule has 2 heterocycles. The standard InChI is InChI=1S/C15H12ClN3O2/c1-21-15(20)11-6-7-19-14(9-11)17-13(18-19)8-10-2-4-12(16)5-3-10/h2-7,9H,8H2,1H3. The van der Waals surface area contributed by atoms with Crippen molar-refractivity contribution in [3.05, 3.63) is 64.6 Å². The van der Waals surface area contributed by atoms with Crippen molar-refractivity contribution in [1.82, 2.24) is 14.6 Å². The van der Waals surface area contributed by atoms with Gasteiger partial charge in [-0.05, 0) is 29.8 Å². The number of halogens is 1. The highest BCUT2D eigenvalue weighted by atomic mass is 35.5. The summed E-state index contributed by atoms with van der Waals surface area (Å²) in [5.74, 6) is 0.291. The van der Waals surface area contributed by atoms with Gasteiger partial charge in [0, 0.05) is 17.6 Å². The number of aromatic nitrogens is 3. The van der Waals surface area contributed by atoms with Crippen LogP contribution in [0.4, 0.5) is 0 Å². The first-order valence-corrected chi connectivity index (χ1v) is 6.71. The normalized spacial score (nSPS) is 10.8. The molecular weight excluding hydrogens is 290 g/mol. The van der Waals surface area contributed by atoms with Gasteiger partial charge in [0.15, 0.2) is 11.5 Å². The van der Waals surface area contributed by atoms with Crippen molar-refractivity contribution in [2.24, 2.45) is 0 Å². The number of benzene rings is 1. The maximum Gasteiger partial charge on any atom is 0.338 e. The molecule has 0 fully saturated rings. The Labute approximate surface area is 126 Å². The Morgan fingerprint density at radius 2 is 2.05 bits per heavy atom. The third-order valence-electron chi connectivity index (χ3n) is 3.08. The van der Waals surface area contributed by atoms with Gasteiger partial charge in [-0.25, -0.2) is 14.3 Å². The van der Waals surface area contributed by atoms with Crippen LogP contribution in [0.3, 0.4) is 0 Å². The molecule has 0 N–H and O–H groups in total. The van der Waals surface area contributed by atoms with Gasteiger partial charge in [-0.2, -0.15) is 5.10 Å². The van der Waals surface area contributed by atoms with Gasteiger partial charge in [0.1, 0.15) is 0 Å². The van der Waals surface area contributed by atoms with E-state index in [1.165, 1.54) is 7.11 Å². The number of hydrogen-bond acceptors (Lipinski definition) is 4. The van der Waals surface area contributed by atoms with Crippen LogP contribution in [0.5, 0.6) is 0 Å². The SMILES string of the molecule is COC(=O)c1ccn2nc(Cc3ccc(Cl)cc3)nc2c1. The Morgan fingerprint density at radius 1 is 1.29 bits per heavy atom. The van der Waals surface area contributed by atoms with E-state index >= 15 is 0 Å². The third kappa shape index (κ3) is 2.87. The van der Waals surface area contributed by atoms with Crippen molar-refractivity contribution in [2.75, 3.05) is 7.11 Å². The van der Waals surface area contributed by atoms with Crippen LogP contribution >= 0.6 is 11.6 Å². The first-order chi connectivity index (χ1) is 10.2. The van der Waals surface area contributed by atoms with Crippen LogP contribution < -0.4 is 0 Å². The highest BCUT2D eigenvalue weighted by Gasteiger charge is 2.09. The number of carbonyl (C=O) groups excluding carboxylic acids is 1. The van der Waals surface area contributed by atoms with Gasteiger partial charge in [-0.1, -0.05) is 23.7 Å². The van der Waals surface area contributed by atoms with E-state index in [1.807, 2.05) is 24.3 Å². The van der Waals surface area contributed by atoms with Crippen molar-refractivity contribution < 1.29 is 9.53 Å². The smallest absolute Gasteiger partial charge is 0.338 e. The first kappa shape index (κ1) is 13.6. The minimum Gasteiger partial charge on any atom is -0.465 e. The minimum absolute atomic E-state index is 0.389. The maximum absolute atomic E-state index is 11.5. The van der Waals surface area contributed by atoms with Gasteiger partial charge in [0.05, 0.1) is 12.7 Å². The average molecular weight is 302 g/mol.